The lowest BCUT2D eigenvalue weighted by Crippen LogP contribution is -2.34. The fourth-order valence-corrected chi connectivity index (χ4v) is 2.93. The second kappa shape index (κ2) is 9.45. The van der Waals surface area contributed by atoms with Crippen molar-refractivity contribution in [1.29, 1.82) is 0 Å². The molecule has 0 saturated carbocycles. The minimum absolute atomic E-state index is 0.808. The zero-order valence-corrected chi connectivity index (χ0v) is 13.9. The molecule has 0 amide bonds. The van der Waals surface area contributed by atoms with E-state index in [1.165, 1.54) is 38.0 Å². The summed E-state index contributed by atoms with van der Waals surface area (Å²) in [5.74, 6) is 0.922. The molecule has 2 rings (SSSR count). The van der Waals surface area contributed by atoms with Gasteiger partial charge in [0.05, 0.1) is 0 Å². The predicted molar refractivity (Wildman–Crippen MR) is 90.0 cm³/mol. The van der Waals surface area contributed by atoms with Crippen molar-refractivity contribution in [3.05, 3.63) is 34.9 Å². The molecule has 0 unspecified atom stereocenters. The number of halogens is 1. The second-order valence-corrected chi connectivity index (χ2v) is 6.66. The summed E-state index contributed by atoms with van der Waals surface area (Å²) >= 11 is 5.87. The fourth-order valence-electron chi connectivity index (χ4n) is 2.81. The number of aryl methyl sites for hydroxylation is 1. The minimum atomic E-state index is 0.808. The van der Waals surface area contributed by atoms with E-state index in [4.69, 9.17) is 16.3 Å². The Hall–Kier alpha value is -0.570. The molecule has 1 aliphatic heterocycles. The van der Waals surface area contributed by atoms with Crippen LogP contribution in [0.15, 0.2) is 24.3 Å². The van der Waals surface area contributed by atoms with Gasteiger partial charge in [0.15, 0.2) is 0 Å². The molecule has 1 saturated heterocycles. The monoisotopic (exact) mass is 309 g/mol. The Morgan fingerprint density at radius 2 is 1.76 bits per heavy atom. The summed E-state index contributed by atoms with van der Waals surface area (Å²) in [6.07, 6.45) is 6.04. The van der Waals surface area contributed by atoms with Gasteiger partial charge < -0.3 is 9.64 Å². The third kappa shape index (κ3) is 6.82. The normalized spacial score (nSPS) is 17.2. The highest BCUT2D eigenvalue weighted by atomic mass is 35.5. The molecular weight excluding hydrogens is 282 g/mol. The number of benzene rings is 1. The largest absolute Gasteiger partial charge is 0.381 e. The average molecular weight is 310 g/mol. The van der Waals surface area contributed by atoms with E-state index in [1.54, 1.807) is 0 Å². The lowest BCUT2D eigenvalue weighted by Gasteiger charge is -2.30. The second-order valence-electron chi connectivity index (χ2n) is 6.22. The summed E-state index contributed by atoms with van der Waals surface area (Å²) in [5.41, 5.74) is 1.34. The van der Waals surface area contributed by atoms with E-state index >= 15 is 0 Å². The van der Waals surface area contributed by atoms with Crippen LogP contribution in [0.1, 0.15) is 38.2 Å². The van der Waals surface area contributed by atoms with Crippen LogP contribution in [0.5, 0.6) is 0 Å². The van der Waals surface area contributed by atoms with Gasteiger partial charge in [-0.15, -0.1) is 0 Å². The summed E-state index contributed by atoms with van der Waals surface area (Å²) in [6, 6.07) is 8.10. The first-order chi connectivity index (χ1) is 10.2. The summed E-state index contributed by atoms with van der Waals surface area (Å²) in [4.78, 5) is 2.58. The molecule has 1 aromatic carbocycles. The van der Waals surface area contributed by atoms with E-state index in [0.29, 0.717) is 0 Å². The molecule has 118 valence electrons. The van der Waals surface area contributed by atoms with E-state index in [1.807, 2.05) is 12.1 Å². The van der Waals surface area contributed by atoms with Crippen molar-refractivity contribution in [3.63, 3.8) is 0 Å². The Morgan fingerprint density at radius 3 is 2.48 bits per heavy atom. The van der Waals surface area contributed by atoms with Crippen molar-refractivity contribution >= 4 is 11.6 Å². The quantitative estimate of drug-likeness (QED) is 0.659. The molecule has 1 aromatic rings. The van der Waals surface area contributed by atoms with E-state index < -0.39 is 0 Å². The van der Waals surface area contributed by atoms with Gasteiger partial charge in [-0.3, -0.25) is 0 Å². The van der Waals surface area contributed by atoms with Gasteiger partial charge in [0.1, 0.15) is 0 Å². The number of ether oxygens (including phenoxy) is 1. The highest BCUT2D eigenvalue weighted by Crippen LogP contribution is 2.15. The van der Waals surface area contributed by atoms with Crippen LogP contribution in [-0.4, -0.2) is 37.7 Å². The van der Waals surface area contributed by atoms with Crippen molar-refractivity contribution in [1.82, 2.24) is 4.90 Å². The van der Waals surface area contributed by atoms with Crippen molar-refractivity contribution in [3.8, 4) is 0 Å². The van der Waals surface area contributed by atoms with Crippen molar-refractivity contribution in [2.45, 2.75) is 39.0 Å². The third-order valence-corrected chi connectivity index (χ3v) is 4.56. The van der Waals surface area contributed by atoms with E-state index in [2.05, 4.69) is 24.0 Å². The summed E-state index contributed by atoms with van der Waals surface area (Å²) in [7, 11) is 0. The average Bonchev–Trinajstić information content (AvgIpc) is 2.50. The van der Waals surface area contributed by atoms with Gasteiger partial charge in [0, 0.05) is 24.8 Å². The molecular formula is C18H28ClNO. The fraction of sp³-hybridized carbons (Fsp3) is 0.667. The molecule has 1 aliphatic rings. The van der Waals surface area contributed by atoms with Crippen LogP contribution in [0.2, 0.25) is 5.02 Å². The predicted octanol–water partition coefficient (Wildman–Crippen LogP) is 4.41. The Kier molecular flexibility index (Phi) is 7.56. The molecule has 0 aliphatic carbocycles. The topological polar surface area (TPSA) is 12.5 Å². The number of hydrogen-bond acceptors (Lipinski definition) is 2. The van der Waals surface area contributed by atoms with Crippen LogP contribution < -0.4 is 0 Å². The van der Waals surface area contributed by atoms with Gasteiger partial charge in [-0.1, -0.05) is 30.7 Å². The molecule has 1 heterocycles. The van der Waals surface area contributed by atoms with E-state index in [-0.39, 0.29) is 0 Å². The molecule has 0 bridgehead atoms. The van der Waals surface area contributed by atoms with Crippen molar-refractivity contribution < 1.29 is 4.74 Å². The van der Waals surface area contributed by atoms with Gasteiger partial charge in [0.2, 0.25) is 0 Å². The Bertz CT molecular complexity index is 385. The van der Waals surface area contributed by atoms with Gasteiger partial charge >= 0.3 is 0 Å². The molecule has 1 fully saturated rings. The van der Waals surface area contributed by atoms with Gasteiger partial charge in [-0.25, -0.2) is 0 Å². The molecule has 21 heavy (non-hydrogen) atoms. The number of nitrogens with zero attached hydrogens (tertiary/aromatic N) is 1. The lowest BCUT2D eigenvalue weighted by molar-refractivity contribution is 0.111. The summed E-state index contributed by atoms with van der Waals surface area (Å²) in [5, 5.41) is 0.808. The van der Waals surface area contributed by atoms with Crippen molar-refractivity contribution in [2.75, 3.05) is 32.8 Å². The van der Waals surface area contributed by atoms with Gasteiger partial charge in [-0.05, 0) is 68.8 Å². The van der Waals surface area contributed by atoms with E-state index in [9.17, 15) is 0 Å². The first-order valence-electron chi connectivity index (χ1n) is 8.28. The maximum absolute atomic E-state index is 5.87. The minimum Gasteiger partial charge on any atom is -0.381 e. The molecule has 0 atom stereocenters. The molecule has 3 heteroatoms. The highest BCUT2D eigenvalue weighted by Gasteiger charge is 2.14. The van der Waals surface area contributed by atoms with Crippen LogP contribution in [-0.2, 0) is 11.2 Å². The Balaban J connectivity index is 1.44. The highest BCUT2D eigenvalue weighted by molar-refractivity contribution is 6.30. The first-order valence-corrected chi connectivity index (χ1v) is 8.66. The van der Waals surface area contributed by atoms with Crippen LogP contribution in [0.4, 0.5) is 0 Å². The smallest absolute Gasteiger partial charge is 0.0478 e. The first kappa shape index (κ1) is 16.8. The molecule has 0 radical (unpaired) electrons. The third-order valence-electron chi connectivity index (χ3n) is 4.31. The lowest BCUT2D eigenvalue weighted by atomic mass is 9.99. The Morgan fingerprint density at radius 1 is 1.10 bits per heavy atom. The van der Waals surface area contributed by atoms with Crippen LogP contribution in [0, 0.1) is 5.92 Å². The van der Waals surface area contributed by atoms with Gasteiger partial charge in [0.25, 0.3) is 0 Å². The maximum atomic E-state index is 5.87. The molecule has 0 spiro atoms. The van der Waals surface area contributed by atoms with Crippen LogP contribution in [0.3, 0.4) is 0 Å². The standard InChI is InChI=1S/C18H28ClNO/c1-16-9-12-20(13-10-16)11-3-15-21-14-2-4-17-5-7-18(19)8-6-17/h5-8,16H,2-4,9-15H2,1H3. The SMILES string of the molecule is CC1CCN(CCCOCCCc2ccc(Cl)cc2)CC1. The molecule has 2 nitrogen and oxygen atoms in total. The van der Waals surface area contributed by atoms with Crippen molar-refractivity contribution in [2.24, 2.45) is 5.92 Å². The van der Waals surface area contributed by atoms with Gasteiger partial charge in [-0.2, -0.15) is 0 Å². The number of hydrogen-bond donors (Lipinski definition) is 0. The zero-order chi connectivity index (χ0) is 14.9. The van der Waals surface area contributed by atoms with Crippen LogP contribution >= 0.6 is 11.6 Å². The number of likely N-dealkylation sites (tertiary alicyclic amines) is 1. The number of rotatable bonds is 8. The Labute approximate surface area is 134 Å². The molecule has 0 aromatic heterocycles. The molecule has 0 N–H and O–H groups in total. The van der Waals surface area contributed by atoms with E-state index in [0.717, 1.165) is 43.4 Å². The number of piperidine rings is 1. The zero-order valence-electron chi connectivity index (χ0n) is 13.2. The maximum Gasteiger partial charge on any atom is 0.0478 e. The summed E-state index contributed by atoms with van der Waals surface area (Å²) < 4.78 is 5.74. The van der Waals surface area contributed by atoms with Crippen LogP contribution in [0.25, 0.3) is 0 Å². The summed E-state index contributed by atoms with van der Waals surface area (Å²) in [6.45, 7) is 7.87.